The minimum atomic E-state index is 0.0571. The van der Waals surface area contributed by atoms with Crippen molar-refractivity contribution in [3.8, 4) is 5.75 Å². The number of nitrogens with zero attached hydrogens (tertiary/aromatic N) is 2. The molecule has 1 aliphatic heterocycles. The van der Waals surface area contributed by atoms with Crippen LogP contribution in [0, 0.1) is 5.92 Å². The van der Waals surface area contributed by atoms with Crippen molar-refractivity contribution in [2.45, 2.75) is 25.7 Å². The molecule has 2 heterocycles. The number of hydrogen-bond acceptors (Lipinski definition) is 3. The van der Waals surface area contributed by atoms with Crippen LogP contribution >= 0.6 is 0 Å². The molecule has 0 bridgehead atoms. The van der Waals surface area contributed by atoms with Crippen molar-refractivity contribution in [1.29, 1.82) is 0 Å². The van der Waals surface area contributed by atoms with E-state index in [1.54, 1.807) is 19.4 Å². The number of aromatic nitrogens is 1. The maximum atomic E-state index is 12.5. The molecule has 4 nitrogen and oxygen atoms in total. The third kappa shape index (κ3) is 4.13. The molecule has 1 aromatic carbocycles. The van der Waals surface area contributed by atoms with Crippen LogP contribution in [0.4, 0.5) is 0 Å². The van der Waals surface area contributed by atoms with Gasteiger partial charge < -0.3 is 9.64 Å². The van der Waals surface area contributed by atoms with E-state index in [9.17, 15) is 4.79 Å². The molecule has 1 aliphatic rings. The minimum absolute atomic E-state index is 0.0571. The van der Waals surface area contributed by atoms with Crippen LogP contribution in [0.1, 0.15) is 35.3 Å². The summed E-state index contributed by atoms with van der Waals surface area (Å²) >= 11 is 0. The molecule has 1 aromatic heterocycles. The highest BCUT2D eigenvalue weighted by Gasteiger charge is 2.24. The number of benzene rings is 1. The first kappa shape index (κ1) is 16.5. The van der Waals surface area contributed by atoms with Gasteiger partial charge in [0.2, 0.25) is 0 Å². The first-order chi connectivity index (χ1) is 11.8. The summed E-state index contributed by atoms with van der Waals surface area (Å²) in [6, 6.07) is 13.7. The highest BCUT2D eigenvalue weighted by molar-refractivity contribution is 5.92. The number of amides is 1. The molecule has 1 saturated heterocycles. The number of carbonyl (C=O) groups is 1. The number of hydrogen-bond donors (Lipinski definition) is 0. The predicted molar refractivity (Wildman–Crippen MR) is 94.2 cm³/mol. The zero-order valence-corrected chi connectivity index (χ0v) is 14.1. The predicted octanol–water partition coefficient (Wildman–Crippen LogP) is 3.58. The Kier molecular flexibility index (Phi) is 5.47. The number of piperidine rings is 1. The minimum Gasteiger partial charge on any atom is -0.497 e. The van der Waals surface area contributed by atoms with Crippen LogP contribution in [-0.2, 0) is 6.42 Å². The van der Waals surface area contributed by atoms with Crippen LogP contribution in [0.5, 0.6) is 5.75 Å². The van der Waals surface area contributed by atoms with E-state index in [0.29, 0.717) is 11.6 Å². The lowest BCUT2D eigenvalue weighted by Gasteiger charge is -2.32. The summed E-state index contributed by atoms with van der Waals surface area (Å²) in [6.45, 7) is 1.67. The summed E-state index contributed by atoms with van der Waals surface area (Å²) in [7, 11) is 1.70. The number of carbonyl (C=O) groups excluding carboxylic acids is 1. The average Bonchev–Trinajstić information content (AvgIpc) is 2.67. The van der Waals surface area contributed by atoms with E-state index in [1.807, 2.05) is 29.2 Å². The van der Waals surface area contributed by atoms with Gasteiger partial charge in [0.1, 0.15) is 11.4 Å². The van der Waals surface area contributed by atoms with Crippen molar-refractivity contribution in [1.82, 2.24) is 9.88 Å². The first-order valence-corrected chi connectivity index (χ1v) is 8.59. The molecule has 0 unspecified atom stereocenters. The van der Waals surface area contributed by atoms with Gasteiger partial charge in [0.05, 0.1) is 7.11 Å². The summed E-state index contributed by atoms with van der Waals surface area (Å²) in [4.78, 5) is 18.7. The van der Waals surface area contributed by atoms with E-state index in [2.05, 4.69) is 17.1 Å². The van der Waals surface area contributed by atoms with E-state index >= 15 is 0 Å². The topological polar surface area (TPSA) is 42.4 Å². The second-order valence-corrected chi connectivity index (χ2v) is 6.36. The highest BCUT2D eigenvalue weighted by Crippen LogP contribution is 2.23. The normalized spacial score (nSPS) is 17.5. The van der Waals surface area contributed by atoms with Gasteiger partial charge in [-0.25, -0.2) is 0 Å². The Bertz CT molecular complexity index is 672. The fourth-order valence-corrected chi connectivity index (χ4v) is 3.34. The third-order valence-electron chi connectivity index (χ3n) is 4.67. The van der Waals surface area contributed by atoms with Gasteiger partial charge >= 0.3 is 0 Å². The molecule has 1 fully saturated rings. The average molecular weight is 324 g/mol. The maximum absolute atomic E-state index is 12.5. The lowest BCUT2D eigenvalue weighted by Crippen LogP contribution is -2.40. The van der Waals surface area contributed by atoms with E-state index in [1.165, 1.54) is 12.0 Å². The highest BCUT2D eigenvalue weighted by atomic mass is 16.5. The summed E-state index contributed by atoms with van der Waals surface area (Å²) in [5.41, 5.74) is 1.84. The Hall–Kier alpha value is -2.36. The molecule has 0 spiro atoms. The molecule has 4 heteroatoms. The Balaban J connectivity index is 1.56. The quantitative estimate of drug-likeness (QED) is 0.844. The second-order valence-electron chi connectivity index (χ2n) is 6.36. The molecule has 24 heavy (non-hydrogen) atoms. The Labute approximate surface area is 143 Å². The molecule has 0 N–H and O–H groups in total. The zero-order chi connectivity index (χ0) is 16.8. The number of likely N-dealkylation sites (tertiary alicyclic amines) is 1. The van der Waals surface area contributed by atoms with Crippen molar-refractivity contribution in [3.05, 3.63) is 59.9 Å². The van der Waals surface area contributed by atoms with Crippen LogP contribution < -0.4 is 4.74 Å². The summed E-state index contributed by atoms with van der Waals surface area (Å²) in [6.07, 6.45) is 6.06. The van der Waals surface area contributed by atoms with Gasteiger partial charge in [0.15, 0.2) is 0 Å². The van der Waals surface area contributed by atoms with Gasteiger partial charge in [-0.05, 0) is 61.4 Å². The largest absolute Gasteiger partial charge is 0.497 e. The number of pyridine rings is 1. The lowest BCUT2D eigenvalue weighted by atomic mass is 9.91. The van der Waals surface area contributed by atoms with Crippen molar-refractivity contribution >= 4 is 5.91 Å². The monoisotopic (exact) mass is 324 g/mol. The molecule has 3 rings (SSSR count). The van der Waals surface area contributed by atoms with Gasteiger partial charge in [-0.15, -0.1) is 0 Å². The summed E-state index contributed by atoms with van der Waals surface area (Å²) in [5.74, 6) is 1.52. The molecular formula is C20H24N2O2. The number of methoxy groups -OCH3 is 1. The van der Waals surface area contributed by atoms with Gasteiger partial charge in [0, 0.05) is 19.3 Å². The number of aryl methyl sites for hydroxylation is 1. The maximum Gasteiger partial charge on any atom is 0.272 e. The fraction of sp³-hybridized carbons (Fsp3) is 0.400. The number of rotatable bonds is 5. The van der Waals surface area contributed by atoms with E-state index in [0.717, 1.165) is 38.1 Å². The third-order valence-corrected chi connectivity index (χ3v) is 4.67. The SMILES string of the molecule is COc1cccc(CC[C@@H]2CCCN(C(=O)c3ccccn3)C2)c1. The number of ether oxygens (including phenoxy) is 1. The van der Waals surface area contributed by atoms with Crippen LogP contribution in [0.25, 0.3) is 0 Å². The molecule has 0 aliphatic carbocycles. The van der Waals surface area contributed by atoms with Crippen molar-refractivity contribution in [3.63, 3.8) is 0 Å². The Morgan fingerprint density at radius 1 is 1.29 bits per heavy atom. The van der Waals surface area contributed by atoms with Crippen molar-refractivity contribution in [2.24, 2.45) is 5.92 Å². The smallest absolute Gasteiger partial charge is 0.272 e. The molecule has 1 atom stereocenters. The molecule has 2 aromatic rings. The lowest BCUT2D eigenvalue weighted by molar-refractivity contribution is 0.0662. The Morgan fingerprint density at radius 3 is 3.00 bits per heavy atom. The molecular weight excluding hydrogens is 300 g/mol. The van der Waals surface area contributed by atoms with Crippen molar-refractivity contribution < 1.29 is 9.53 Å². The summed E-state index contributed by atoms with van der Waals surface area (Å²) < 4.78 is 5.28. The molecule has 0 saturated carbocycles. The van der Waals surface area contributed by atoms with Gasteiger partial charge in [-0.3, -0.25) is 9.78 Å². The van der Waals surface area contributed by atoms with Crippen LogP contribution in [0.15, 0.2) is 48.7 Å². The summed E-state index contributed by atoms with van der Waals surface area (Å²) in [5, 5.41) is 0. The second kappa shape index (κ2) is 7.95. The molecule has 0 radical (unpaired) electrons. The van der Waals surface area contributed by atoms with E-state index in [4.69, 9.17) is 4.74 Å². The van der Waals surface area contributed by atoms with Gasteiger partial charge in [-0.2, -0.15) is 0 Å². The van der Waals surface area contributed by atoms with Crippen LogP contribution in [0.2, 0.25) is 0 Å². The van der Waals surface area contributed by atoms with E-state index < -0.39 is 0 Å². The zero-order valence-electron chi connectivity index (χ0n) is 14.1. The Morgan fingerprint density at radius 2 is 2.21 bits per heavy atom. The molecule has 1 amide bonds. The van der Waals surface area contributed by atoms with Gasteiger partial charge in [-0.1, -0.05) is 18.2 Å². The van der Waals surface area contributed by atoms with E-state index in [-0.39, 0.29) is 5.91 Å². The standard InChI is InChI=1S/C20H24N2O2/c1-24-18-8-4-6-16(14-18)10-11-17-7-5-13-22(15-17)20(23)19-9-2-3-12-21-19/h2-4,6,8-9,12,14,17H,5,7,10-11,13,15H2,1H3/t17-/m0/s1. The first-order valence-electron chi connectivity index (χ1n) is 8.59. The van der Waals surface area contributed by atoms with Crippen LogP contribution in [0.3, 0.4) is 0 Å². The van der Waals surface area contributed by atoms with Crippen LogP contribution in [-0.4, -0.2) is 36.0 Å². The fourth-order valence-electron chi connectivity index (χ4n) is 3.34. The molecule has 126 valence electrons. The van der Waals surface area contributed by atoms with Gasteiger partial charge in [0.25, 0.3) is 5.91 Å². The van der Waals surface area contributed by atoms with Crippen molar-refractivity contribution in [2.75, 3.05) is 20.2 Å².